The zero-order valence-electron chi connectivity index (χ0n) is 9.06. The first kappa shape index (κ1) is 9.40. The summed E-state index contributed by atoms with van der Waals surface area (Å²) in [6.45, 7) is 0.896. The Hall–Kier alpha value is -1.83. The summed E-state index contributed by atoms with van der Waals surface area (Å²) >= 11 is 0. The van der Waals surface area contributed by atoms with E-state index in [9.17, 15) is 0 Å². The maximum atomic E-state index is 4.19. The van der Waals surface area contributed by atoms with Crippen molar-refractivity contribution in [1.29, 1.82) is 0 Å². The monoisotopic (exact) mass is 210 g/mol. The van der Waals surface area contributed by atoms with E-state index < -0.39 is 0 Å². The third-order valence-corrected chi connectivity index (χ3v) is 3.02. The Balaban J connectivity index is 1.87. The van der Waals surface area contributed by atoms with Crippen LogP contribution in [0.15, 0.2) is 47.5 Å². The molecule has 0 bridgehead atoms. The molecular formula is C14H14N2. The van der Waals surface area contributed by atoms with Crippen LogP contribution in [0.5, 0.6) is 0 Å². The minimum absolute atomic E-state index is 0.473. The predicted molar refractivity (Wildman–Crippen MR) is 67.9 cm³/mol. The van der Waals surface area contributed by atoms with Gasteiger partial charge in [-0.25, -0.2) is 0 Å². The minimum Gasteiger partial charge on any atom is -0.372 e. The first-order chi connectivity index (χ1) is 7.92. The molecule has 1 N–H and O–H groups in total. The lowest BCUT2D eigenvalue weighted by molar-refractivity contribution is 0.657. The number of benzene rings is 2. The largest absolute Gasteiger partial charge is 0.372 e. The van der Waals surface area contributed by atoms with Gasteiger partial charge in [-0.1, -0.05) is 42.5 Å². The number of aliphatic imine (C=N–C) groups is 1. The van der Waals surface area contributed by atoms with Gasteiger partial charge in [0.25, 0.3) is 0 Å². The zero-order valence-corrected chi connectivity index (χ0v) is 9.06. The van der Waals surface area contributed by atoms with Crippen LogP contribution in [0.4, 0.5) is 0 Å². The standard InChI is InChI=1S/C14H14N2/c1-2-4-13-7-11(5-6-12(13)3-1)8-14-9-15-10-16-14/h1-7,10,14H,8-9H2,(H,15,16)/t14-/m0/s1. The SMILES string of the molecule is C1=NC[C@H](Cc2ccc3ccccc3c2)N1. The second kappa shape index (κ2) is 3.97. The molecule has 0 radical (unpaired) electrons. The summed E-state index contributed by atoms with van der Waals surface area (Å²) in [5, 5.41) is 5.89. The van der Waals surface area contributed by atoms with E-state index in [2.05, 4.69) is 52.8 Å². The third-order valence-electron chi connectivity index (χ3n) is 3.02. The molecule has 0 saturated heterocycles. The number of hydrogen-bond donors (Lipinski definition) is 1. The summed E-state index contributed by atoms with van der Waals surface area (Å²) in [6, 6.07) is 15.6. The van der Waals surface area contributed by atoms with Crippen LogP contribution in [0.1, 0.15) is 5.56 Å². The van der Waals surface area contributed by atoms with Crippen LogP contribution in [-0.2, 0) is 6.42 Å². The molecule has 1 heterocycles. The van der Waals surface area contributed by atoms with Gasteiger partial charge in [0.15, 0.2) is 0 Å². The first-order valence-electron chi connectivity index (χ1n) is 5.64. The van der Waals surface area contributed by atoms with E-state index >= 15 is 0 Å². The van der Waals surface area contributed by atoms with Crippen molar-refractivity contribution in [1.82, 2.24) is 5.32 Å². The van der Waals surface area contributed by atoms with Crippen LogP contribution < -0.4 is 5.32 Å². The van der Waals surface area contributed by atoms with Crippen molar-refractivity contribution in [2.24, 2.45) is 4.99 Å². The molecule has 1 aliphatic heterocycles. The van der Waals surface area contributed by atoms with Crippen molar-refractivity contribution in [2.45, 2.75) is 12.5 Å². The Bertz CT molecular complexity index is 523. The smallest absolute Gasteiger partial charge is 0.0827 e. The number of hydrogen-bond acceptors (Lipinski definition) is 2. The van der Waals surface area contributed by atoms with E-state index in [-0.39, 0.29) is 0 Å². The van der Waals surface area contributed by atoms with Crippen molar-refractivity contribution in [2.75, 3.05) is 6.54 Å². The molecule has 0 fully saturated rings. The van der Waals surface area contributed by atoms with Crippen LogP contribution in [0.2, 0.25) is 0 Å². The second-order valence-electron chi connectivity index (χ2n) is 4.24. The van der Waals surface area contributed by atoms with Crippen LogP contribution in [0.3, 0.4) is 0 Å². The van der Waals surface area contributed by atoms with Gasteiger partial charge in [0.2, 0.25) is 0 Å². The molecule has 0 spiro atoms. The van der Waals surface area contributed by atoms with Gasteiger partial charge in [-0.15, -0.1) is 0 Å². The van der Waals surface area contributed by atoms with Gasteiger partial charge in [0.05, 0.1) is 18.9 Å². The first-order valence-corrected chi connectivity index (χ1v) is 5.64. The fourth-order valence-electron chi connectivity index (χ4n) is 2.16. The molecule has 1 aliphatic rings. The highest BCUT2D eigenvalue weighted by molar-refractivity contribution is 5.83. The molecule has 2 heteroatoms. The van der Waals surface area contributed by atoms with Gasteiger partial charge in [-0.2, -0.15) is 0 Å². The Morgan fingerprint density at radius 2 is 2.00 bits per heavy atom. The normalized spacial score (nSPS) is 18.9. The van der Waals surface area contributed by atoms with Gasteiger partial charge in [-0.05, 0) is 22.8 Å². The van der Waals surface area contributed by atoms with Crippen molar-refractivity contribution < 1.29 is 0 Å². The lowest BCUT2D eigenvalue weighted by atomic mass is 10.0. The molecule has 3 rings (SSSR count). The van der Waals surface area contributed by atoms with Gasteiger partial charge in [0.1, 0.15) is 0 Å². The van der Waals surface area contributed by atoms with E-state index in [1.54, 1.807) is 0 Å². The molecule has 0 amide bonds. The van der Waals surface area contributed by atoms with Crippen molar-refractivity contribution >= 4 is 17.1 Å². The lowest BCUT2D eigenvalue weighted by Crippen LogP contribution is -2.26. The molecule has 0 saturated carbocycles. The Morgan fingerprint density at radius 3 is 2.81 bits per heavy atom. The fourth-order valence-corrected chi connectivity index (χ4v) is 2.16. The van der Waals surface area contributed by atoms with Crippen molar-refractivity contribution in [3.8, 4) is 0 Å². The summed E-state index contributed by atoms with van der Waals surface area (Å²) in [4.78, 5) is 4.19. The molecular weight excluding hydrogens is 196 g/mol. The number of fused-ring (bicyclic) bond motifs is 1. The van der Waals surface area contributed by atoms with Gasteiger partial charge in [-0.3, -0.25) is 4.99 Å². The molecule has 0 unspecified atom stereocenters. The third kappa shape index (κ3) is 1.78. The Kier molecular flexibility index (Phi) is 2.33. The van der Waals surface area contributed by atoms with Crippen molar-refractivity contribution in [3.63, 3.8) is 0 Å². The summed E-state index contributed by atoms with van der Waals surface area (Å²) < 4.78 is 0. The van der Waals surface area contributed by atoms with E-state index in [0.29, 0.717) is 6.04 Å². The minimum atomic E-state index is 0.473. The predicted octanol–water partition coefficient (Wildman–Crippen LogP) is 2.38. The average Bonchev–Trinajstić information content (AvgIpc) is 2.82. The van der Waals surface area contributed by atoms with Crippen LogP contribution >= 0.6 is 0 Å². The maximum absolute atomic E-state index is 4.19. The Morgan fingerprint density at radius 1 is 1.12 bits per heavy atom. The summed E-state index contributed by atoms with van der Waals surface area (Å²) in [6.07, 6.45) is 2.86. The molecule has 80 valence electrons. The van der Waals surface area contributed by atoms with E-state index in [4.69, 9.17) is 0 Å². The van der Waals surface area contributed by atoms with Gasteiger partial charge < -0.3 is 5.32 Å². The lowest BCUT2D eigenvalue weighted by Gasteiger charge is -2.10. The highest BCUT2D eigenvalue weighted by atomic mass is 15.0. The number of nitrogens with zero attached hydrogens (tertiary/aromatic N) is 1. The molecule has 0 aliphatic carbocycles. The molecule has 16 heavy (non-hydrogen) atoms. The van der Waals surface area contributed by atoms with Crippen molar-refractivity contribution in [3.05, 3.63) is 48.0 Å². The molecule has 0 aromatic heterocycles. The van der Waals surface area contributed by atoms with Crippen LogP contribution in [0, 0.1) is 0 Å². The maximum Gasteiger partial charge on any atom is 0.0827 e. The van der Waals surface area contributed by atoms with E-state index in [1.807, 2.05) is 6.34 Å². The molecule has 2 nitrogen and oxygen atoms in total. The van der Waals surface area contributed by atoms with E-state index in [1.165, 1.54) is 16.3 Å². The summed E-state index contributed by atoms with van der Waals surface area (Å²) in [5.41, 5.74) is 1.38. The fraction of sp³-hybridized carbons (Fsp3) is 0.214. The number of nitrogens with one attached hydrogen (secondary N) is 1. The highest BCUT2D eigenvalue weighted by Crippen LogP contribution is 2.16. The summed E-state index contributed by atoms with van der Waals surface area (Å²) in [5.74, 6) is 0. The molecule has 2 aromatic rings. The van der Waals surface area contributed by atoms with Crippen LogP contribution in [-0.4, -0.2) is 18.9 Å². The Labute approximate surface area is 95.0 Å². The zero-order chi connectivity index (χ0) is 10.8. The highest BCUT2D eigenvalue weighted by Gasteiger charge is 2.10. The average molecular weight is 210 g/mol. The van der Waals surface area contributed by atoms with E-state index in [0.717, 1.165) is 13.0 Å². The second-order valence-corrected chi connectivity index (χ2v) is 4.24. The molecule has 2 aromatic carbocycles. The summed E-state index contributed by atoms with van der Waals surface area (Å²) in [7, 11) is 0. The quantitative estimate of drug-likeness (QED) is 0.808. The number of rotatable bonds is 2. The van der Waals surface area contributed by atoms with Gasteiger partial charge >= 0.3 is 0 Å². The topological polar surface area (TPSA) is 24.4 Å². The molecule has 1 atom stereocenters. The van der Waals surface area contributed by atoms with Crippen LogP contribution in [0.25, 0.3) is 10.8 Å². The van der Waals surface area contributed by atoms with Gasteiger partial charge in [0, 0.05) is 0 Å².